The first kappa shape index (κ1) is 36.8. The van der Waals surface area contributed by atoms with Crippen LogP contribution in [0.4, 0.5) is 0 Å². The minimum Gasteiger partial charge on any atom is -0.822 e. The van der Waals surface area contributed by atoms with E-state index in [0.717, 1.165) is 0 Å². The van der Waals surface area contributed by atoms with Crippen molar-refractivity contribution in [2.45, 2.75) is 0 Å². The third kappa shape index (κ3) is 86.5. The second-order valence-corrected chi connectivity index (χ2v) is 1.34. The second-order valence-electron chi connectivity index (χ2n) is 0.447. The third-order valence-electron chi connectivity index (χ3n) is 0. The Bertz CT molecular complexity index is 66.6. The first-order valence-electron chi connectivity index (χ1n) is 0.730. The smallest absolute Gasteiger partial charge is 0.822 e. The quantitative estimate of drug-likeness (QED) is 0.323. The van der Waals surface area contributed by atoms with Crippen LogP contribution in [0.1, 0.15) is 0 Å². The maximum absolute atomic E-state index is 8.55. The standard InChI is InChI=1S/Mn.3Na.H3O4P.V/c;;;;1-5(2,3)4;/h;;;;(H3,1,2,3,4);/q+2;3*+1;;+5/p-3. The van der Waals surface area contributed by atoms with Crippen LogP contribution in [-0.4, -0.2) is 0 Å². The van der Waals surface area contributed by atoms with E-state index in [0.29, 0.717) is 0 Å². The summed E-state index contributed by atoms with van der Waals surface area (Å²) < 4.78 is 8.55. The summed E-state index contributed by atoms with van der Waals surface area (Å²) in [7, 11) is -5.39. The van der Waals surface area contributed by atoms with E-state index in [1.165, 1.54) is 0 Å². The fourth-order valence-corrected chi connectivity index (χ4v) is 0. The predicted octanol–water partition coefficient (Wildman–Crippen LogP) is -11.8. The Morgan fingerprint density at radius 3 is 0.900 bits per heavy atom. The van der Waals surface area contributed by atoms with Crippen LogP contribution in [0.25, 0.3) is 0 Å². The molecule has 0 saturated heterocycles. The SMILES string of the molecule is O=P([O-])([O-])[O-].[Mn+2].[Na+].[Na+].[Na+].[V+5]. The third-order valence-corrected chi connectivity index (χ3v) is 0. The van der Waals surface area contributed by atoms with Gasteiger partial charge in [0.1, 0.15) is 0 Å². The Hall–Kier alpha value is 4.21. The number of phosphoric acid groups is 1. The van der Waals surface area contributed by atoms with Crippen LogP contribution in [0.3, 0.4) is 0 Å². The maximum atomic E-state index is 8.55. The van der Waals surface area contributed by atoms with Gasteiger partial charge in [0.05, 0.1) is 0 Å². The molecule has 37 valence electrons. The van der Waals surface area contributed by atoms with Crippen molar-refractivity contribution >= 4 is 7.82 Å². The molecule has 0 rings (SSSR count). The molecule has 0 unspecified atom stereocenters. The second kappa shape index (κ2) is 18.9. The Morgan fingerprint density at radius 1 is 0.900 bits per heavy atom. The van der Waals surface area contributed by atoms with Crippen LogP contribution >= 0.6 is 7.82 Å². The van der Waals surface area contributed by atoms with Crippen LogP contribution in [0.2, 0.25) is 0 Å². The van der Waals surface area contributed by atoms with Crippen molar-refractivity contribution in [2.24, 2.45) is 0 Å². The summed E-state index contributed by atoms with van der Waals surface area (Å²) in [5, 5.41) is 0. The summed E-state index contributed by atoms with van der Waals surface area (Å²) in [6.07, 6.45) is 0. The average molecular weight is 270 g/mol. The molecule has 0 atom stereocenters. The Morgan fingerprint density at radius 2 is 0.900 bits per heavy atom. The van der Waals surface area contributed by atoms with E-state index in [1.807, 2.05) is 0 Å². The van der Waals surface area contributed by atoms with Crippen molar-refractivity contribution in [3.05, 3.63) is 0 Å². The minimum atomic E-state index is -5.39. The molecule has 0 aliphatic heterocycles. The predicted molar refractivity (Wildman–Crippen MR) is 7.61 cm³/mol. The summed E-state index contributed by atoms with van der Waals surface area (Å²) >= 11 is 0. The molecule has 0 amide bonds. The van der Waals surface area contributed by atoms with Crippen molar-refractivity contribution < 1.29 is 144 Å². The first-order valence-corrected chi connectivity index (χ1v) is 2.19. The van der Waals surface area contributed by atoms with Gasteiger partial charge in [-0.1, -0.05) is 0 Å². The molecule has 0 aliphatic rings. The first-order chi connectivity index (χ1) is 2.00. The molecule has 10 heavy (non-hydrogen) atoms. The van der Waals surface area contributed by atoms with Gasteiger partial charge in [-0.25, -0.2) is 0 Å². The Labute approximate surface area is 148 Å². The molecule has 0 N–H and O–H groups in total. The van der Waals surface area contributed by atoms with Crippen molar-refractivity contribution in [3.63, 3.8) is 0 Å². The fraction of sp³-hybridized carbons (Fsp3) is 0. The molecule has 0 fully saturated rings. The van der Waals surface area contributed by atoms with Crippen LogP contribution in [0.15, 0.2) is 0 Å². The minimum absolute atomic E-state index is 0. The van der Waals surface area contributed by atoms with Crippen molar-refractivity contribution in [1.82, 2.24) is 0 Å². The zero-order valence-corrected chi connectivity index (χ0v) is 15.4. The number of hydrogen-bond acceptors (Lipinski definition) is 4. The zero-order valence-electron chi connectivity index (χ0n) is 5.91. The van der Waals surface area contributed by atoms with E-state index < -0.39 is 7.82 Å². The topological polar surface area (TPSA) is 86.2 Å². The van der Waals surface area contributed by atoms with Gasteiger partial charge in [-0.05, 0) is 0 Å². The number of hydrogen-bond donors (Lipinski definition) is 0. The van der Waals surface area contributed by atoms with E-state index in [2.05, 4.69) is 0 Å². The summed E-state index contributed by atoms with van der Waals surface area (Å²) in [6.45, 7) is 0. The van der Waals surface area contributed by atoms with Crippen molar-refractivity contribution in [2.75, 3.05) is 0 Å². The average Bonchev–Trinajstić information content (AvgIpc) is 0.722. The Balaban J connectivity index is -0.00000000800. The van der Waals surface area contributed by atoms with Gasteiger partial charge in [-0.2, -0.15) is 7.82 Å². The van der Waals surface area contributed by atoms with Crippen LogP contribution in [0, 0.1) is 0 Å². The molecular weight excluding hydrogens is 270 g/mol. The molecular formula is MnNa3O4PV+7. The van der Waals surface area contributed by atoms with Gasteiger partial charge >= 0.3 is 124 Å². The van der Waals surface area contributed by atoms with E-state index in [1.54, 1.807) is 0 Å². The summed E-state index contributed by atoms with van der Waals surface area (Å²) in [5.74, 6) is 0. The molecule has 0 bridgehead atoms. The Kier molecular flexibility index (Phi) is 69.5. The van der Waals surface area contributed by atoms with Gasteiger partial charge in [0.15, 0.2) is 0 Å². The van der Waals surface area contributed by atoms with Crippen molar-refractivity contribution in [3.8, 4) is 0 Å². The van der Waals surface area contributed by atoms with Gasteiger partial charge in [0, 0.05) is 0 Å². The van der Waals surface area contributed by atoms with E-state index >= 15 is 0 Å². The molecule has 0 spiro atoms. The summed E-state index contributed by atoms with van der Waals surface area (Å²) in [6, 6.07) is 0. The van der Waals surface area contributed by atoms with E-state index in [-0.39, 0.29) is 124 Å². The van der Waals surface area contributed by atoms with E-state index in [9.17, 15) is 0 Å². The van der Waals surface area contributed by atoms with Gasteiger partial charge in [0.2, 0.25) is 0 Å². The fourth-order valence-electron chi connectivity index (χ4n) is 0. The largest absolute Gasteiger partial charge is 5.00 e. The molecule has 1 radical (unpaired) electrons. The number of rotatable bonds is 0. The zero-order chi connectivity index (χ0) is 4.50. The van der Waals surface area contributed by atoms with Crippen LogP contribution in [0.5, 0.6) is 0 Å². The van der Waals surface area contributed by atoms with Gasteiger partial charge in [0.25, 0.3) is 0 Å². The molecule has 4 nitrogen and oxygen atoms in total. The molecule has 0 heterocycles. The molecule has 0 aliphatic carbocycles. The van der Waals surface area contributed by atoms with Crippen LogP contribution < -0.4 is 103 Å². The molecule has 0 saturated carbocycles. The summed E-state index contributed by atoms with van der Waals surface area (Å²) in [5.41, 5.74) is 0. The molecule has 0 aromatic rings. The molecule has 10 heteroatoms. The van der Waals surface area contributed by atoms with Gasteiger partial charge in [-0.15, -0.1) is 0 Å². The summed E-state index contributed by atoms with van der Waals surface area (Å²) in [4.78, 5) is 25.6. The van der Waals surface area contributed by atoms with Gasteiger partial charge in [-0.3, -0.25) is 0 Å². The molecule has 0 aromatic heterocycles. The monoisotopic (exact) mass is 270 g/mol. The van der Waals surface area contributed by atoms with Crippen molar-refractivity contribution in [1.29, 1.82) is 0 Å². The van der Waals surface area contributed by atoms with Crippen LogP contribution in [-0.2, 0) is 40.2 Å². The normalized spacial score (nSPS) is 5.90. The van der Waals surface area contributed by atoms with Gasteiger partial charge < -0.3 is 19.2 Å². The van der Waals surface area contributed by atoms with E-state index in [4.69, 9.17) is 19.2 Å². The molecule has 0 aromatic carbocycles. The maximum Gasteiger partial charge on any atom is 5.00 e.